The average Bonchev–Trinajstić information content (AvgIpc) is 2.28. The van der Waals surface area contributed by atoms with Crippen LogP contribution in [0.4, 0.5) is 8.78 Å². The molecule has 0 aliphatic rings. The Bertz CT molecular complexity index is 376. The van der Waals surface area contributed by atoms with Crippen molar-refractivity contribution in [1.29, 1.82) is 0 Å². The highest BCUT2D eigenvalue weighted by Gasteiger charge is 2.27. The molecule has 0 spiro atoms. The molecule has 0 amide bonds. The van der Waals surface area contributed by atoms with Crippen molar-refractivity contribution in [3.8, 4) is 0 Å². The van der Waals surface area contributed by atoms with Crippen molar-refractivity contribution in [2.75, 3.05) is 13.2 Å². The van der Waals surface area contributed by atoms with Gasteiger partial charge in [-0.3, -0.25) is 0 Å². The number of rotatable bonds is 5. The predicted octanol–water partition coefficient (Wildman–Crippen LogP) is 2.18. The Morgan fingerprint density at radius 3 is 2.41 bits per heavy atom. The van der Waals surface area contributed by atoms with Crippen LogP contribution in [-0.2, 0) is 9.53 Å². The van der Waals surface area contributed by atoms with E-state index in [2.05, 4.69) is 5.32 Å². The summed E-state index contributed by atoms with van der Waals surface area (Å²) in [4.78, 5) is 11.6. The second-order valence-corrected chi connectivity index (χ2v) is 3.38. The van der Waals surface area contributed by atoms with Gasteiger partial charge in [-0.2, -0.15) is 0 Å². The van der Waals surface area contributed by atoms with E-state index in [1.165, 1.54) is 6.07 Å². The number of benzene rings is 1. The zero-order valence-corrected chi connectivity index (χ0v) is 9.80. The number of halogens is 2. The van der Waals surface area contributed by atoms with Crippen molar-refractivity contribution >= 4 is 5.97 Å². The number of nitrogens with one attached hydrogen (secondary N) is 1. The van der Waals surface area contributed by atoms with Crippen LogP contribution >= 0.6 is 0 Å². The molecule has 1 aromatic carbocycles. The summed E-state index contributed by atoms with van der Waals surface area (Å²) >= 11 is 0. The van der Waals surface area contributed by atoms with Crippen LogP contribution < -0.4 is 5.32 Å². The molecular weight excluding hydrogens is 228 g/mol. The minimum atomic E-state index is -1.11. The first-order chi connectivity index (χ1) is 8.11. The standard InChI is InChI=1S/C12H15F2NO2/c1-3-15-11(12(16)17-4-2)10-8(13)6-5-7-9(10)14/h5-7,11,15H,3-4H2,1-2H3. The third-order valence-electron chi connectivity index (χ3n) is 2.22. The lowest BCUT2D eigenvalue weighted by atomic mass is 10.1. The molecule has 3 nitrogen and oxygen atoms in total. The van der Waals surface area contributed by atoms with Crippen molar-refractivity contribution in [3.05, 3.63) is 35.4 Å². The van der Waals surface area contributed by atoms with Crippen molar-refractivity contribution in [1.82, 2.24) is 5.32 Å². The van der Waals surface area contributed by atoms with Gasteiger partial charge in [0.2, 0.25) is 0 Å². The van der Waals surface area contributed by atoms with E-state index in [0.29, 0.717) is 6.54 Å². The number of esters is 1. The normalized spacial score (nSPS) is 12.2. The Morgan fingerprint density at radius 2 is 1.94 bits per heavy atom. The van der Waals surface area contributed by atoms with E-state index in [1.54, 1.807) is 13.8 Å². The van der Waals surface area contributed by atoms with Gasteiger partial charge in [-0.25, -0.2) is 13.6 Å². The van der Waals surface area contributed by atoms with Crippen LogP contribution in [0.2, 0.25) is 0 Å². The van der Waals surface area contributed by atoms with Crippen molar-refractivity contribution in [2.45, 2.75) is 19.9 Å². The third kappa shape index (κ3) is 3.23. The van der Waals surface area contributed by atoms with E-state index in [1.807, 2.05) is 0 Å². The van der Waals surface area contributed by atoms with Crippen LogP contribution in [0.15, 0.2) is 18.2 Å². The topological polar surface area (TPSA) is 38.3 Å². The molecule has 0 saturated carbocycles. The monoisotopic (exact) mass is 243 g/mol. The van der Waals surface area contributed by atoms with Gasteiger partial charge in [-0.1, -0.05) is 13.0 Å². The first kappa shape index (κ1) is 13.6. The molecule has 1 unspecified atom stereocenters. The highest BCUT2D eigenvalue weighted by Crippen LogP contribution is 2.21. The van der Waals surface area contributed by atoms with Gasteiger partial charge in [0, 0.05) is 0 Å². The Balaban J connectivity index is 3.09. The summed E-state index contributed by atoms with van der Waals surface area (Å²) < 4.78 is 31.9. The summed E-state index contributed by atoms with van der Waals surface area (Å²) in [6.07, 6.45) is 0. The summed E-state index contributed by atoms with van der Waals surface area (Å²) in [7, 11) is 0. The number of hydrogen-bond donors (Lipinski definition) is 1. The molecule has 0 heterocycles. The number of hydrogen-bond acceptors (Lipinski definition) is 3. The van der Waals surface area contributed by atoms with Crippen LogP contribution in [0, 0.1) is 11.6 Å². The molecule has 1 rings (SSSR count). The maximum atomic E-state index is 13.5. The lowest BCUT2D eigenvalue weighted by Crippen LogP contribution is -2.31. The van der Waals surface area contributed by atoms with Crippen molar-refractivity contribution < 1.29 is 18.3 Å². The molecule has 0 radical (unpaired) electrons. The fraction of sp³-hybridized carbons (Fsp3) is 0.417. The molecule has 0 bridgehead atoms. The molecule has 5 heteroatoms. The molecule has 0 aliphatic heterocycles. The molecule has 94 valence electrons. The SMILES string of the molecule is CCNC(C(=O)OCC)c1c(F)cccc1F. The largest absolute Gasteiger partial charge is 0.465 e. The van der Waals surface area contributed by atoms with Gasteiger partial charge in [-0.05, 0) is 25.6 Å². The summed E-state index contributed by atoms with van der Waals surface area (Å²) in [5, 5.41) is 2.71. The molecule has 0 fully saturated rings. The lowest BCUT2D eigenvalue weighted by molar-refractivity contribution is -0.146. The predicted molar refractivity (Wildman–Crippen MR) is 59.4 cm³/mol. The molecular formula is C12H15F2NO2. The zero-order valence-electron chi connectivity index (χ0n) is 9.80. The minimum Gasteiger partial charge on any atom is -0.465 e. The van der Waals surface area contributed by atoms with Gasteiger partial charge in [0.05, 0.1) is 12.2 Å². The maximum absolute atomic E-state index is 13.5. The van der Waals surface area contributed by atoms with E-state index < -0.39 is 23.6 Å². The summed E-state index contributed by atoms with van der Waals surface area (Å²) in [5.74, 6) is -2.20. The highest BCUT2D eigenvalue weighted by atomic mass is 19.1. The summed E-state index contributed by atoms with van der Waals surface area (Å²) in [6.45, 7) is 3.94. The van der Waals surface area contributed by atoms with Gasteiger partial charge in [0.1, 0.15) is 17.7 Å². The van der Waals surface area contributed by atoms with Gasteiger partial charge in [0.15, 0.2) is 0 Å². The Hall–Kier alpha value is -1.49. The Kier molecular flexibility index (Phi) is 5.03. The smallest absolute Gasteiger partial charge is 0.327 e. The molecule has 1 atom stereocenters. The molecule has 0 aromatic heterocycles. The van der Waals surface area contributed by atoms with E-state index in [0.717, 1.165) is 12.1 Å². The van der Waals surface area contributed by atoms with Gasteiger partial charge in [-0.15, -0.1) is 0 Å². The average molecular weight is 243 g/mol. The van der Waals surface area contributed by atoms with Crippen molar-refractivity contribution in [3.63, 3.8) is 0 Å². The molecule has 0 aliphatic carbocycles. The second-order valence-electron chi connectivity index (χ2n) is 3.38. The first-order valence-electron chi connectivity index (χ1n) is 5.45. The highest BCUT2D eigenvalue weighted by molar-refractivity contribution is 5.77. The Morgan fingerprint density at radius 1 is 1.35 bits per heavy atom. The number of carbonyl (C=O) groups excluding carboxylic acids is 1. The third-order valence-corrected chi connectivity index (χ3v) is 2.22. The molecule has 0 saturated heterocycles. The number of carbonyl (C=O) groups is 1. The maximum Gasteiger partial charge on any atom is 0.327 e. The fourth-order valence-electron chi connectivity index (χ4n) is 1.52. The van der Waals surface area contributed by atoms with E-state index >= 15 is 0 Å². The molecule has 17 heavy (non-hydrogen) atoms. The second kappa shape index (κ2) is 6.30. The lowest BCUT2D eigenvalue weighted by Gasteiger charge is -2.17. The molecule has 1 N–H and O–H groups in total. The van der Waals surface area contributed by atoms with Gasteiger partial charge >= 0.3 is 5.97 Å². The molecule has 1 aromatic rings. The number of ether oxygens (including phenoxy) is 1. The summed E-state index contributed by atoms with van der Waals surface area (Å²) in [5.41, 5.74) is -0.298. The van der Waals surface area contributed by atoms with E-state index in [4.69, 9.17) is 4.74 Å². The summed E-state index contributed by atoms with van der Waals surface area (Å²) in [6, 6.07) is 2.37. The van der Waals surface area contributed by atoms with E-state index in [9.17, 15) is 13.6 Å². The Labute approximate surface area is 98.8 Å². The van der Waals surface area contributed by atoms with Crippen LogP contribution in [0.3, 0.4) is 0 Å². The van der Waals surface area contributed by atoms with Crippen molar-refractivity contribution in [2.24, 2.45) is 0 Å². The van der Waals surface area contributed by atoms with Gasteiger partial charge < -0.3 is 10.1 Å². The van der Waals surface area contributed by atoms with Crippen LogP contribution in [0.5, 0.6) is 0 Å². The first-order valence-corrected chi connectivity index (χ1v) is 5.45. The van der Waals surface area contributed by atoms with Crippen LogP contribution in [0.1, 0.15) is 25.5 Å². The van der Waals surface area contributed by atoms with E-state index in [-0.39, 0.29) is 12.2 Å². The van der Waals surface area contributed by atoms with Crippen LogP contribution in [-0.4, -0.2) is 19.1 Å². The zero-order chi connectivity index (χ0) is 12.8. The minimum absolute atomic E-state index is 0.163. The van der Waals surface area contributed by atoms with Gasteiger partial charge in [0.25, 0.3) is 0 Å². The number of likely N-dealkylation sites (N-methyl/N-ethyl adjacent to an activating group) is 1. The fourth-order valence-corrected chi connectivity index (χ4v) is 1.52. The van der Waals surface area contributed by atoms with Crippen LogP contribution in [0.25, 0.3) is 0 Å². The quantitative estimate of drug-likeness (QED) is 0.805.